The Labute approximate surface area is 118 Å². The van der Waals surface area contributed by atoms with Gasteiger partial charge in [-0.25, -0.2) is 4.98 Å². The molecular formula is C14H11BrN2S. The molecule has 2 N–H and O–H groups in total. The smallest absolute Gasteiger partial charge is 0.124 e. The molecule has 3 aromatic rings. The van der Waals surface area contributed by atoms with Crippen molar-refractivity contribution in [1.29, 1.82) is 0 Å². The molecule has 4 heteroatoms. The number of halogens is 1. The molecule has 0 saturated heterocycles. The highest BCUT2D eigenvalue weighted by Gasteiger charge is 2.07. The average Bonchev–Trinajstić information content (AvgIpc) is 2.75. The van der Waals surface area contributed by atoms with Crippen LogP contribution >= 0.6 is 27.3 Å². The van der Waals surface area contributed by atoms with Crippen LogP contribution in [0, 0.1) is 6.92 Å². The lowest BCUT2D eigenvalue weighted by atomic mass is 10.1. The summed E-state index contributed by atoms with van der Waals surface area (Å²) in [6, 6.07) is 12.2. The maximum absolute atomic E-state index is 5.95. The van der Waals surface area contributed by atoms with Crippen molar-refractivity contribution >= 4 is 43.2 Å². The molecule has 0 fully saturated rings. The summed E-state index contributed by atoms with van der Waals surface area (Å²) in [5.74, 6) is 0. The van der Waals surface area contributed by atoms with Crippen molar-refractivity contribution in [3.05, 3.63) is 46.4 Å². The Kier molecular flexibility index (Phi) is 2.84. The highest BCUT2D eigenvalue weighted by Crippen LogP contribution is 2.32. The lowest BCUT2D eigenvalue weighted by molar-refractivity contribution is 1.44. The Hall–Kier alpha value is -1.39. The standard InChI is InChI=1S/C14H11BrN2S/c1-8-2-3-9(6-11(8)16)14-17-12-7-10(15)4-5-13(12)18-14/h2-7H,16H2,1H3. The lowest BCUT2D eigenvalue weighted by Crippen LogP contribution is -1.89. The molecule has 0 saturated carbocycles. The minimum Gasteiger partial charge on any atom is -0.398 e. The Morgan fingerprint density at radius 2 is 2.00 bits per heavy atom. The van der Waals surface area contributed by atoms with E-state index in [2.05, 4.69) is 33.0 Å². The van der Waals surface area contributed by atoms with Crippen molar-refractivity contribution in [1.82, 2.24) is 4.98 Å². The molecule has 3 rings (SSSR count). The first-order valence-electron chi connectivity index (χ1n) is 5.56. The molecule has 0 bridgehead atoms. The summed E-state index contributed by atoms with van der Waals surface area (Å²) in [5.41, 5.74) is 9.95. The number of rotatable bonds is 1. The molecule has 0 aliphatic carbocycles. The Morgan fingerprint density at radius 3 is 2.78 bits per heavy atom. The van der Waals surface area contributed by atoms with E-state index < -0.39 is 0 Å². The molecule has 18 heavy (non-hydrogen) atoms. The van der Waals surface area contributed by atoms with Crippen molar-refractivity contribution in [2.75, 3.05) is 5.73 Å². The van der Waals surface area contributed by atoms with Gasteiger partial charge in [-0.05, 0) is 36.8 Å². The van der Waals surface area contributed by atoms with Crippen molar-refractivity contribution < 1.29 is 0 Å². The monoisotopic (exact) mass is 318 g/mol. The van der Waals surface area contributed by atoms with E-state index in [9.17, 15) is 0 Å². The summed E-state index contributed by atoms with van der Waals surface area (Å²) in [5, 5.41) is 1.01. The van der Waals surface area contributed by atoms with E-state index in [1.54, 1.807) is 11.3 Å². The van der Waals surface area contributed by atoms with E-state index in [1.165, 1.54) is 4.70 Å². The summed E-state index contributed by atoms with van der Waals surface area (Å²) in [7, 11) is 0. The van der Waals surface area contributed by atoms with Crippen LogP contribution in [0.1, 0.15) is 5.56 Å². The predicted molar refractivity (Wildman–Crippen MR) is 81.9 cm³/mol. The second kappa shape index (κ2) is 4.37. The fourth-order valence-corrected chi connectivity index (χ4v) is 3.09. The van der Waals surface area contributed by atoms with Crippen LogP contribution in [0.3, 0.4) is 0 Å². The third kappa shape index (κ3) is 2.02. The third-order valence-electron chi connectivity index (χ3n) is 2.88. The van der Waals surface area contributed by atoms with Crippen LogP contribution in [0.25, 0.3) is 20.8 Å². The SMILES string of the molecule is Cc1ccc(-c2nc3cc(Br)ccc3s2)cc1N. The maximum atomic E-state index is 5.95. The quantitative estimate of drug-likeness (QED) is 0.665. The molecule has 0 atom stereocenters. The molecule has 0 aliphatic rings. The van der Waals surface area contributed by atoms with Gasteiger partial charge in [-0.3, -0.25) is 0 Å². The first-order valence-corrected chi connectivity index (χ1v) is 7.17. The van der Waals surface area contributed by atoms with E-state index in [1.807, 2.05) is 31.2 Å². The Morgan fingerprint density at radius 1 is 1.17 bits per heavy atom. The molecule has 0 amide bonds. The third-order valence-corrected chi connectivity index (χ3v) is 4.45. The van der Waals surface area contributed by atoms with Gasteiger partial charge in [0.1, 0.15) is 5.01 Å². The molecule has 0 unspecified atom stereocenters. The highest BCUT2D eigenvalue weighted by molar-refractivity contribution is 9.10. The number of nitrogens with two attached hydrogens (primary N) is 1. The summed E-state index contributed by atoms with van der Waals surface area (Å²) < 4.78 is 2.24. The van der Waals surface area contributed by atoms with Crippen LogP contribution in [0.15, 0.2) is 40.9 Å². The molecule has 1 heterocycles. The van der Waals surface area contributed by atoms with Gasteiger partial charge in [0.05, 0.1) is 10.2 Å². The van der Waals surface area contributed by atoms with Crippen LogP contribution in [0.5, 0.6) is 0 Å². The van der Waals surface area contributed by atoms with E-state index in [4.69, 9.17) is 5.73 Å². The lowest BCUT2D eigenvalue weighted by Gasteiger charge is -2.01. The maximum Gasteiger partial charge on any atom is 0.124 e. The Balaban J connectivity index is 2.16. The second-order valence-electron chi connectivity index (χ2n) is 4.20. The first kappa shape index (κ1) is 11.7. The number of anilines is 1. The van der Waals surface area contributed by atoms with Crippen LogP contribution in [-0.2, 0) is 0 Å². The molecule has 2 nitrogen and oxygen atoms in total. The predicted octanol–water partition coefficient (Wildman–Crippen LogP) is 4.62. The molecule has 2 aromatic carbocycles. The zero-order chi connectivity index (χ0) is 12.7. The molecule has 0 radical (unpaired) electrons. The van der Waals surface area contributed by atoms with E-state index in [0.717, 1.165) is 31.8 Å². The zero-order valence-electron chi connectivity index (χ0n) is 9.77. The molecule has 1 aromatic heterocycles. The van der Waals surface area contributed by atoms with Crippen molar-refractivity contribution in [3.8, 4) is 10.6 Å². The minimum absolute atomic E-state index is 0.813. The van der Waals surface area contributed by atoms with Gasteiger partial charge < -0.3 is 5.73 Å². The number of hydrogen-bond donors (Lipinski definition) is 1. The van der Waals surface area contributed by atoms with Crippen molar-refractivity contribution in [2.45, 2.75) is 6.92 Å². The number of nitrogen functional groups attached to an aromatic ring is 1. The van der Waals surface area contributed by atoms with E-state index in [-0.39, 0.29) is 0 Å². The zero-order valence-corrected chi connectivity index (χ0v) is 12.2. The molecular weight excluding hydrogens is 308 g/mol. The van der Waals surface area contributed by atoms with Crippen LogP contribution in [-0.4, -0.2) is 4.98 Å². The number of aryl methyl sites for hydroxylation is 1. The van der Waals surface area contributed by atoms with Gasteiger partial charge in [0.25, 0.3) is 0 Å². The summed E-state index contributed by atoms with van der Waals surface area (Å²) in [6.45, 7) is 2.01. The van der Waals surface area contributed by atoms with Gasteiger partial charge in [-0.1, -0.05) is 28.1 Å². The summed E-state index contributed by atoms with van der Waals surface area (Å²) in [4.78, 5) is 4.65. The van der Waals surface area contributed by atoms with Gasteiger partial charge in [0, 0.05) is 15.7 Å². The first-order chi connectivity index (χ1) is 8.63. The normalized spacial score (nSPS) is 11.0. The number of fused-ring (bicyclic) bond motifs is 1. The number of thiazole rings is 1. The average molecular weight is 319 g/mol. The van der Waals surface area contributed by atoms with Gasteiger partial charge in [0.15, 0.2) is 0 Å². The van der Waals surface area contributed by atoms with Crippen molar-refractivity contribution in [3.63, 3.8) is 0 Å². The second-order valence-corrected chi connectivity index (χ2v) is 6.15. The number of aromatic nitrogens is 1. The number of hydrogen-bond acceptors (Lipinski definition) is 3. The molecule has 0 spiro atoms. The minimum atomic E-state index is 0.813. The van der Waals surface area contributed by atoms with Gasteiger partial charge >= 0.3 is 0 Å². The van der Waals surface area contributed by atoms with Crippen LogP contribution in [0.2, 0.25) is 0 Å². The van der Waals surface area contributed by atoms with E-state index >= 15 is 0 Å². The molecule has 90 valence electrons. The number of nitrogens with zero attached hydrogens (tertiary/aromatic N) is 1. The van der Waals surface area contributed by atoms with Crippen LogP contribution < -0.4 is 5.73 Å². The topological polar surface area (TPSA) is 38.9 Å². The summed E-state index contributed by atoms with van der Waals surface area (Å²) >= 11 is 5.15. The van der Waals surface area contributed by atoms with Crippen LogP contribution in [0.4, 0.5) is 5.69 Å². The molecule has 0 aliphatic heterocycles. The Bertz CT molecular complexity index is 734. The largest absolute Gasteiger partial charge is 0.398 e. The van der Waals surface area contributed by atoms with Crippen molar-refractivity contribution in [2.24, 2.45) is 0 Å². The van der Waals surface area contributed by atoms with Gasteiger partial charge in [0.2, 0.25) is 0 Å². The highest BCUT2D eigenvalue weighted by atomic mass is 79.9. The fourth-order valence-electron chi connectivity index (χ4n) is 1.80. The number of benzene rings is 2. The van der Waals surface area contributed by atoms with Gasteiger partial charge in [-0.15, -0.1) is 11.3 Å². The fraction of sp³-hybridized carbons (Fsp3) is 0.0714. The summed E-state index contributed by atoms with van der Waals surface area (Å²) in [6.07, 6.45) is 0. The van der Waals surface area contributed by atoms with Gasteiger partial charge in [-0.2, -0.15) is 0 Å². The van der Waals surface area contributed by atoms with E-state index in [0.29, 0.717) is 0 Å².